The minimum absolute atomic E-state index is 0.122. The van der Waals surface area contributed by atoms with Gasteiger partial charge in [0.1, 0.15) is 0 Å². The van der Waals surface area contributed by atoms with E-state index in [2.05, 4.69) is 9.98 Å². The quantitative estimate of drug-likeness (QED) is 0.317. The molecule has 0 bridgehead atoms. The topological polar surface area (TPSA) is 28.1 Å². The number of aliphatic imine (C=N–C) groups is 1. The van der Waals surface area contributed by atoms with Gasteiger partial charge in [0.05, 0.1) is 17.0 Å². The number of hydrogen-bond donors (Lipinski definition) is 1. The van der Waals surface area contributed by atoms with E-state index in [9.17, 15) is 22.0 Å². The van der Waals surface area contributed by atoms with E-state index in [0.717, 1.165) is 16.8 Å². The molecular weight excluding hydrogens is 399 g/mol. The number of allylic oxidation sites excluding steroid dienone is 2. The molecule has 0 saturated heterocycles. The summed E-state index contributed by atoms with van der Waals surface area (Å²) in [4.78, 5) is 7.57. The summed E-state index contributed by atoms with van der Waals surface area (Å²) in [5.74, 6) is -9.88. The second-order valence-electron chi connectivity index (χ2n) is 7.40. The Morgan fingerprint density at radius 1 is 0.800 bits per heavy atom. The lowest BCUT2D eigenvalue weighted by atomic mass is 9.92. The van der Waals surface area contributed by atoms with Crippen molar-refractivity contribution in [2.75, 3.05) is 0 Å². The van der Waals surface area contributed by atoms with Crippen LogP contribution in [0.2, 0.25) is 0 Å². The van der Waals surface area contributed by atoms with E-state index in [4.69, 9.17) is 0 Å². The van der Waals surface area contributed by atoms with E-state index in [1.54, 1.807) is 27.7 Å². The van der Waals surface area contributed by atoms with Crippen molar-refractivity contribution in [1.82, 2.24) is 4.98 Å². The first-order valence-corrected chi connectivity index (χ1v) is 9.76. The number of nitrogens with zero attached hydrogens (tertiary/aromatic N) is 1. The van der Waals surface area contributed by atoms with Crippen LogP contribution in [-0.4, -0.2) is 10.7 Å². The highest BCUT2D eigenvalue weighted by Gasteiger charge is 2.33. The number of hydrogen-bond acceptors (Lipinski definition) is 1. The molecule has 3 rings (SSSR count). The fraction of sp³-hybridized carbons (Fsp3) is 0.348. The van der Waals surface area contributed by atoms with Crippen LogP contribution >= 0.6 is 0 Å². The molecule has 2 heterocycles. The SMILES string of the molecule is CCC1=C(C)C(=C(c2[nH]c(C)c(CC)c2C)c2c(F)c(F)c(F)c(F)c2F)N=C1C. The Morgan fingerprint density at radius 3 is 1.77 bits per heavy atom. The fourth-order valence-electron chi connectivity index (χ4n) is 4.25. The van der Waals surface area contributed by atoms with Gasteiger partial charge in [-0.25, -0.2) is 22.0 Å². The summed E-state index contributed by atoms with van der Waals surface area (Å²) in [6.07, 6.45) is 1.27. The molecule has 7 heteroatoms. The molecule has 1 aliphatic rings. The molecule has 160 valence electrons. The van der Waals surface area contributed by atoms with Gasteiger partial charge in [0.15, 0.2) is 23.3 Å². The molecule has 0 fully saturated rings. The molecule has 0 spiro atoms. The highest BCUT2D eigenvalue weighted by Crippen LogP contribution is 2.41. The van der Waals surface area contributed by atoms with Gasteiger partial charge in [-0.1, -0.05) is 13.8 Å². The van der Waals surface area contributed by atoms with E-state index < -0.39 is 34.6 Å². The Kier molecular flexibility index (Phi) is 5.76. The summed E-state index contributed by atoms with van der Waals surface area (Å²) >= 11 is 0. The summed E-state index contributed by atoms with van der Waals surface area (Å²) in [7, 11) is 0. The van der Waals surface area contributed by atoms with Crippen LogP contribution in [-0.2, 0) is 6.42 Å². The van der Waals surface area contributed by atoms with Crippen molar-refractivity contribution in [2.24, 2.45) is 4.99 Å². The number of aromatic nitrogens is 1. The molecule has 0 atom stereocenters. The summed E-state index contributed by atoms with van der Waals surface area (Å²) in [6.45, 7) is 10.9. The second-order valence-corrected chi connectivity index (χ2v) is 7.40. The zero-order chi connectivity index (χ0) is 22.5. The Morgan fingerprint density at radius 2 is 1.33 bits per heavy atom. The number of benzene rings is 1. The minimum Gasteiger partial charge on any atom is -0.358 e. The van der Waals surface area contributed by atoms with Gasteiger partial charge in [-0.3, -0.25) is 4.99 Å². The summed E-state index contributed by atoms with van der Waals surface area (Å²) in [6, 6.07) is 0. The normalized spacial score (nSPS) is 15.9. The molecule has 1 aromatic heterocycles. The minimum atomic E-state index is -2.18. The van der Waals surface area contributed by atoms with Gasteiger partial charge < -0.3 is 4.98 Å². The maximum atomic E-state index is 14.9. The van der Waals surface area contributed by atoms with Crippen LogP contribution in [0.25, 0.3) is 5.57 Å². The molecule has 2 aromatic rings. The number of H-pyrrole nitrogens is 1. The molecule has 0 saturated carbocycles. The predicted molar refractivity (Wildman–Crippen MR) is 108 cm³/mol. The van der Waals surface area contributed by atoms with Crippen molar-refractivity contribution in [2.45, 2.75) is 54.4 Å². The molecule has 2 nitrogen and oxygen atoms in total. The van der Waals surface area contributed by atoms with E-state index >= 15 is 0 Å². The third kappa shape index (κ3) is 3.11. The molecule has 0 aliphatic carbocycles. The smallest absolute Gasteiger partial charge is 0.200 e. The van der Waals surface area contributed by atoms with E-state index in [1.807, 2.05) is 13.8 Å². The van der Waals surface area contributed by atoms with E-state index in [-0.39, 0.29) is 11.3 Å². The number of rotatable bonds is 4. The first kappa shape index (κ1) is 22.0. The van der Waals surface area contributed by atoms with Crippen LogP contribution < -0.4 is 0 Å². The van der Waals surface area contributed by atoms with Crippen molar-refractivity contribution in [1.29, 1.82) is 0 Å². The van der Waals surface area contributed by atoms with Crippen molar-refractivity contribution in [3.63, 3.8) is 0 Å². The van der Waals surface area contributed by atoms with E-state index in [0.29, 0.717) is 35.4 Å². The summed E-state index contributed by atoms with van der Waals surface area (Å²) < 4.78 is 71.7. The molecule has 0 unspecified atom stereocenters. The highest BCUT2D eigenvalue weighted by atomic mass is 19.2. The van der Waals surface area contributed by atoms with Crippen LogP contribution in [0.15, 0.2) is 21.8 Å². The van der Waals surface area contributed by atoms with E-state index in [1.165, 1.54) is 0 Å². The third-order valence-corrected chi connectivity index (χ3v) is 5.77. The Hall–Kier alpha value is -2.70. The first-order chi connectivity index (χ1) is 14.1. The number of aryl methyl sites for hydroxylation is 1. The van der Waals surface area contributed by atoms with Crippen molar-refractivity contribution in [3.8, 4) is 0 Å². The van der Waals surface area contributed by atoms with Crippen molar-refractivity contribution < 1.29 is 22.0 Å². The average molecular weight is 422 g/mol. The van der Waals surface area contributed by atoms with Gasteiger partial charge in [0, 0.05) is 17.0 Å². The number of aromatic amines is 1. The van der Waals surface area contributed by atoms with Gasteiger partial charge in [-0.05, 0) is 62.8 Å². The highest BCUT2D eigenvalue weighted by molar-refractivity contribution is 6.05. The van der Waals surface area contributed by atoms with Crippen LogP contribution in [0.4, 0.5) is 22.0 Å². The lowest BCUT2D eigenvalue weighted by Gasteiger charge is -2.15. The van der Waals surface area contributed by atoms with Gasteiger partial charge in [-0.2, -0.15) is 0 Å². The maximum absolute atomic E-state index is 14.9. The van der Waals surface area contributed by atoms with Gasteiger partial charge in [0.2, 0.25) is 5.82 Å². The lowest BCUT2D eigenvalue weighted by molar-refractivity contribution is 0.376. The second kappa shape index (κ2) is 7.85. The summed E-state index contributed by atoms with van der Waals surface area (Å²) in [5.41, 5.74) is 3.98. The molecule has 1 aromatic carbocycles. The standard InChI is InChI=1S/C23H23F5N2/c1-7-13-9(3)22(29-11(13)5)16(23-10(4)14(8-2)12(6)30-23)15-17(24)19(26)21(28)20(27)18(15)25/h29H,7-8H2,1-6H3. The molecule has 1 N–H and O–H groups in total. The molecule has 30 heavy (non-hydrogen) atoms. The largest absolute Gasteiger partial charge is 0.358 e. The Balaban J connectivity index is 2.54. The fourth-order valence-corrected chi connectivity index (χ4v) is 4.25. The third-order valence-electron chi connectivity index (χ3n) is 5.77. The summed E-state index contributed by atoms with van der Waals surface area (Å²) in [5, 5.41) is 0. The molecule has 1 aliphatic heterocycles. The zero-order valence-corrected chi connectivity index (χ0v) is 17.8. The van der Waals surface area contributed by atoms with Crippen LogP contribution in [0.5, 0.6) is 0 Å². The van der Waals surface area contributed by atoms with Gasteiger partial charge in [0.25, 0.3) is 0 Å². The van der Waals surface area contributed by atoms with Crippen LogP contribution in [0, 0.1) is 42.9 Å². The van der Waals surface area contributed by atoms with Crippen molar-refractivity contribution in [3.05, 3.63) is 74.0 Å². The Bertz CT molecular complexity index is 1120. The van der Waals surface area contributed by atoms with Crippen molar-refractivity contribution >= 4 is 11.3 Å². The first-order valence-electron chi connectivity index (χ1n) is 9.76. The molecule has 0 amide bonds. The molecule has 0 radical (unpaired) electrons. The Labute approximate surface area is 172 Å². The van der Waals surface area contributed by atoms with Gasteiger partial charge >= 0.3 is 0 Å². The zero-order valence-electron chi connectivity index (χ0n) is 17.8. The maximum Gasteiger partial charge on any atom is 0.200 e. The predicted octanol–water partition coefficient (Wildman–Crippen LogP) is 6.85. The number of nitrogens with one attached hydrogen (secondary N) is 1. The number of halogens is 5. The monoisotopic (exact) mass is 422 g/mol. The van der Waals surface area contributed by atoms with Crippen LogP contribution in [0.1, 0.15) is 62.2 Å². The molecular formula is C23H23F5N2. The van der Waals surface area contributed by atoms with Gasteiger partial charge in [-0.15, -0.1) is 0 Å². The lowest BCUT2D eigenvalue weighted by Crippen LogP contribution is -2.09. The van der Waals surface area contributed by atoms with Crippen LogP contribution in [0.3, 0.4) is 0 Å². The average Bonchev–Trinajstić information content (AvgIpc) is 3.15.